The normalized spacial score (nSPS) is 16.9. The largest absolute Gasteiger partial charge is 0.493 e. The molecule has 5 rings (SSSR count). The van der Waals surface area contributed by atoms with Crippen molar-refractivity contribution < 1.29 is 23.7 Å². The van der Waals surface area contributed by atoms with Crippen LogP contribution < -0.4 is 19.5 Å². The molecular weight excluding hydrogens is 418 g/mol. The van der Waals surface area contributed by atoms with Gasteiger partial charge in [0.25, 0.3) is 0 Å². The Morgan fingerprint density at radius 1 is 1.00 bits per heavy atom. The standard InChI is InChI=1S/C27H27NO5/c1-30-25-15-18(12-13-24(25)32-17-19-7-6-14-31-19)16-28-27(29)26-20-8-2-4-10-22(20)33-23-11-5-3-9-21(23)26/h2-5,8-13,15,19,26H,6-7,14,16-17H2,1H3,(H,28,29). The van der Waals surface area contributed by atoms with Gasteiger partial charge in [0.15, 0.2) is 11.5 Å². The lowest BCUT2D eigenvalue weighted by Crippen LogP contribution is -2.31. The molecule has 1 saturated heterocycles. The van der Waals surface area contributed by atoms with Gasteiger partial charge < -0.3 is 24.3 Å². The maximum Gasteiger partial charge on any atom is 0.232 e. The van der Waals surface area contributed by atoms with Crippen LogP contribution in [-0.4, -0.2) is 32.3 Å². The number of fused-ring (bicyclic) bond motifs is 2. The molecule has 2 aliphatic rings. The topological polar surface area (TPSA) is 66.0 Å². The van der Waals surface area contributed by atoms with Gasteiger partial charge >= 0.3 is 0 Å². The van der Waals surface area contributed by atoms with Gasteiger partial charge in [0.2, 0.25) is 5.91 Å². The van der Waals surface area contributed by atoms with Gasteiger partial charge in [0.05, 0.1) is 19.1 Å². The van der Waals surface area contributed by atoms with Crippen LogP contribution in [0.3, 0.4) is 0 Å². The highest BCUT2D eigenvalue weighted by Crippen LogP contribution is 2.44. The van der Waals surface area contributed by atoms with E-state index in [2.05, 4.69) is 5.32 Å². The highest BCUT2D eigenvalue weighted by Gasteiger charge is 2.32. The van der Waals surface area contributed by atoms with Crippen LogP contribution in [0.1, 0.15) is 35.4 Å². The summed E-state index contributed by atoms with van der Waals surface area (Å²) in [6, 6.07) is 21.1. The van der Waals surface area contributed by atoms with Gasteiger partial charge in [-0.3, -0.25) is 4.79 Å². The zero-order valence-electron chi connectivity index (χ0n) is 18.6. The summed E-state index contributed by atoms with van der Waals surface area (Å²) in [7, 11) is 1.62. The maximum absolute atomic E-state index is 13.3. The number of ether oxygens (including phenoxy) is 4. The van der Waals surface area contributed by atoms with E-state index in [4.69, 9.17) is 18.9 Å². The number of carbonyl (C=O) groups is 1. The Bertz CT molecular complexity index is 1090. The second-order valence-electron chi connectivity index (χ2n) is 8.26. The van der Waals surface area contributed by atoms with Gasteiger partial charge in [-0.15, -0.1) is 0 Å². The Labute approximate surface area is 193 Å². The summed E-state index contributed by atoms with van der Waals surface area (Å²) in [6.45, 7) is 1.68. The Morgan fingerprint density at radius 3 is 2.39 bits per heavy atom. The number of hydrogen-bond donors (Lipinski definition) is 1. The molecule has 0 bridgehead atoms. The molecule has 6 heteroatoms. The molecular formula is C27H27NO5. The van der Waals surface area contributed by atoms with Crippen molar-refractivity contribution >= 4 is 5.91 Å². The minimum atomic E-state index is -0.429. The molecule has 1 N–H and O–H groups in total. The lowest BCUT2D eigenvalue weighted by molar-refractivity contribution is -0.122. The van der Waals surface area contributed by atoms with Crippen LogP contribution in [0.5, 0.6) is 23.0 Å². The average molecular weight is 446 g/mol. The maximum atomic E-state index is 13.3. The van der Waals surface area contributed by atoms with Crippen molar-refractivity contribution in [3.63, 3.8) is 0 Å². The number of benzene rings is 3. The average Bonchev–Trinajstić information content (AvgIpc) is 3.38. The second kappa shape index (κ2) is 9.55. The van der Waals surface area contributed by atoms with Crippen molar-refractivity contribution in [2.24, 2.45) is 0 Å². The highest BCUT2D eigenvalue weighted by atomic mass is 16.5. The van der Waals surface area contributed by atoms with E-state index in [-0.39, 0.29) is 12.0 Å². The van der Waals surface area contributed by atoms with Crippen molar-refractivity contribution in [3.05, 3.63) is 83.4 Å². The van der Waals surface area contributed by atoms with Gasteiger partial charge in [0, 0.05) is 24.3 Å². The molecule has 2 aliphatic heterocycles. The molecule has 0 radical (unpaired) electrons. The molecule has 1 unspecified atom stereocenters. The summed E-state index contributed by atoms with van der Waals surface area (Å²) in [5.74, 6) is 2.24. The van der Waals surface area contributed by atoms with Crippen LogP contribution in [0, 0.1) is 0 Å². The van der Waals surface area contributed by atoms with Crippen LogP contribution in [0.25, 0.3) is 0 Å². The highest BCUT2D eigenvalue weighted by molar-refractivity contribution is 5.89. The van der Waals surface area contributed by atoms with Crippen LogP contribution in [0.15, 0.2) is 66.7 Å². The summed E-state index contributed by atoms with van der Waals surface area (Å²) in [5.41, 5.74) is 2.66. The Hall–Kier alpha value is -3.51. The molecule has 0 spiro atoms. The lowest BCUT2D eigenvalue weighted by Gasteiger charge is -2.27. The zero-order chi connectivity index (χ0) is 22.6. The van der Waals surface area contributed by atoms with Crippen LogP contribution in [-0.2, 0) is 16.1 Å². The molecule has 0 saturated carbocycles. The van der Waals surface area contributed by atoms with Crippen molar-refractivity contribution in [1.82, 2.24) is 5.32 Å². The van der Waals surface area contributed by atoms with E-state index in [9.17, 15) is 4.79 Å². The predicted molar refractivity (Wildman–Crippen MR) is 124 cm³/mol. The summed E-state index contributed by atoms with van der Waals surface area (Å²) in [5, 5.41) is 3.09. The van der Waals surface area contributed by atoms with Gasteiger partial charge in [-0.1, -0.05) is 42.5 Å². The number of nitrogens with one attached hydrogen (secondary N) is 1. The van der Waals surface area contributed by atoms with E-state index in [1.807, 2.05) is 66.7 Å². The zero-order valence-corrected chi connectivity index (χ0v) is 18.6. The fourth-order valence-corrected chi connectivity index (χ4v) is 4.38. The fourth-order valence-electron chi connectivity index (χ4n) is 4.38. The summed E-state index contributed by atoms with van der Waals surface area (Å²) in [4.78, 5) is 13.3. The minimum Gasteiger partial charge on any atom is -0.493 e. The molecule has 6 nitrogen and oxygen atoms in total. The first-order chi connectivity index (χ1) is 16.2. The van der Waals surface area contributed by atoms with E-state index in [0.717, 1.165) is 36.1 Å². The molecule has 0 aromatic heterocycles. The molecule has 3 aromatic carbocycles. The molecule has 1 fully saturated rings. The SMILES string of the molecule is COc1cc(CNC(=O)C2c3ccccc3Oc3ccccc32)ccc1OCC1CCCO1. The van der Waals surface area contributed by atoms with Crippen LogP contribution >= 0.6 is 0 Å². The van der Waals surface area contributed by atoms with Crippen molar-refractivity contribution in [2.75, 3.05) is 20.3 Å². The first kappa shape index (κ1) is 21.3. The van der Waals surface area contributed by atoms with E-state index >= 15 is 0 Å². The fraction of sp³-hybridized carbons (Fsp3) is 0.296. The third-order valence-corrected chi connectivity index (χ3v) is 6.09. The summed E-state index contributed by atoms with van der Waals surface area (Å²) in [6.07, 6.45) is 2.23. The van der Waals surface area contributed by atoms with Crippen molar-refractivity contribution in [2.45, 2.75) is 31.4 Å². The van der Waals surface area contributed by atoms with Crippen molar-refractivity contribution in [3.8, 4) is 23.0 Å². The van der Waals surface area contributed by atoms with Gasteiger partial charge in [0.1, 0.15) is 18.1 Å². The number of methoxy groups -OCH3 is 1. The van der Waals surface area contributed by atoms with E-state index in [1.165, 1.54) is 0 Å². The van der Waals surface area contributed by atoms with Gasteiger partial charge in [-0.05, 0) is 42.7 Å². The molecule has 3 aromatic rings. The molecule has 1 atom stereocenters. The smallest absolute Gasteiger partial charge is 0.232 e. The number of para-hydroxylation sites is 2. The predicted octanol–water partition coefficient (Wildman–Crippen LogP) is 4.81. The summed E-state index contributed by atoms with van der Waals surface area (Å²) < 4.78 is 23.1. The van der Waals surface area contributed by atoms with E-state index in [1.54, 1.807) is 7.11 Å². The Kier molecular flexibility index (Phi) is 6.17. The van der Waals surface area contributed by atoms with Gasteiger partial charge in [-0.25, -0.2) is 0 Å². The number of rotatable bonds is 7. The van der Waals surface area contributed by atoms with Gasteiger partial charge in [-0.2, -0.15) is 0 Å². The quantitative estimate of drug-likeness (QED) is 0.566. The number of hydrogen-bond acceptors (Lipinski definition) is 5. The number of amides is 1. The molecule has 33 heavy (non-hydrogen) atoms. The third kappa shape index (κ3) is 4.52. The lowest BCUT2D eigenvalue weighted by atomic mass is 9.87. The molecule has 170 valence electrons. The summed E-state index contributed by atoms with van der Waals surface area (Å²) >= 11 is 0. The van der Waals surface area contributed by atoms with E-state index < -0.39 is 5.92 Å². The van der Waals surface area contributed by atoms with Crippen LogP contribution in [0.4, 0.5) is 0 Å². The first-order valence-corrected chi connectivity index (χ1v) is 11.3. The number of carbonyl (C=O) groups excluding carboxylic acids is 1. The molecule has 2 heterocycles. The Morgan fingerprint density at radius 2 is 1.73 bits per heavy atom. The molecule has 0 aliphatic carbocycles. The van der Waals surface area contributed by atoms with E-state index in [0.29, 0.717) is 36.1 Å². The Balaban J connectivity index is 1.29. The van der Waals surface area contributed by atoms with Crippen LogP contribution in [0.2, 0.25) is 0 Å². The van der Waals surface area contributed by atoms with Crippen molar-refractivity contribution in [1.29, 1.82) is 0 Å². The second-order valence-corrected chi connectivity index (χ2v) is 8.26. The minimum absolute atomic E-state index is 0.0733. The third-order valence-electron chi connectivity index (χ3n) is 6.09. The molecule has 1 amide bonds. The monoisotopic (exact) mass is 445 g/mol. The first-order valence-electron chi connectivity index (χ1n) is 11.3.